The lowest BCUT2D eigenvalue weighted by molar-refractivity contribution is -0.119. The van der Waals surface area contributed by atoms with Crippen molar-refractivity contribution in [3.63, 3.8) is 0 Å². The third-order valence-electron chi connectivity index (χ3n) is 3.40. The van der Waals surface area contributed by atoms with Gasteiger partial charge in [-0.15, -0.1) is 0 Å². The summed E-state index contributed by atoms with van der Waals surface area (Å²) in [7, 11) is 1.60. The molecule has 2 aromatic rings. The van der Waals surface area contributed by atoms with Crippen molar-refractivity contribution in [2.24, 2.45) is 0 Å². The number of aryl methyl sites for hydroxylation is 1. The molecule has 5 nitrogen and oxygen atoms in total. The summed E-state index contributed by atoms with van der Waals surface area (Å²) in [5, 5.41) is 8.38. The Morgan fingerprint density at radius 3 is 2.21 bits per heavy atom. The van der Waals surface area contributed by atoms with Crippen LogP contribution in [0.4, 0.5) is 5.69 Å². The number of rotatable bonds is 4. The lowest BCUT2D eigenvalue weighted by Crippen LogP contribution is -2.34. The smallest absolute Gasteiger partial charge is 0.257 e. The summed E-state index contributed by atoms with van der Waals surface area (Å²) < 4.78 is 0. The van der Waals surface area contributed by atoms with Gasteiger partial charge in [0.15, 0.2) is 5.11 Å². The number of benzene rings is 2. The number of nitrogens with one attached hydrogen (secondary N) is 3. The molecule has 24 heavy (non-hydrogen) atoms. The van der Waals surface area contributed by atoms with Crippen LogP contribution in [0, 0.1) is 6.92 Å². The number of carbonyl (C=O) groups is 2. The summed E-state index contributed by atoms with van der Waals surface area (Å²) >= 11 is 5.15. The maximum atomic E-state index is 12.1. The molecule has 0 aliphatic heterocycles. The monoisotopic (exact) mass is 341 g/mol. The van der Waals surface area contributed by atoms with Crippen LogP contribution in [0.3, 0.4) is 0 Å². The van der Waals surface area contributed by atoms with Crippen LogP contribution in [-0.2, 0) is 11.2 Å². The van der Waals surface area contributed by atoms with E-state index in [0.29, 0.717) is 12.0 Å². The number of thiocarbonyl (C=S) groups is 1. The second kappa shape index (κ2) is 8.21. The van der Waals surface area contributed by atoms with Crippen molar-refractivity contribution >= 4 is 34.8 Å². The van der Waals surface area contributed by atoms with Crippen molar-refractivity contribution in [2.75, 3.05) is 12.4 Å². The first-order valence-electron chi connectivity index (χ1n) is 7.46. The Morgan fingerprint density at radius 2 is 1.62 bits per heavy atom. The van der Waals surface area contributed by atoms with Gasteiger partial charge >= 0.3 is 0 Å². The molecule has 0 saturated heterocycles. The molecule has 6 heteroatoms. The van der Waals surface area contributed by atoms with E-state index in [-0.39, 0.29) is 16.9 Å². The Bertz CT molecular complexity index is 740. The van der Waals surface area contributed by atoms with Crippen LogP contribution in [0.1, 0.15) is 21.5 Å². The zero-order valence-electron chi connectivity index (χ0n) is 13.6. The highest BCUT2D eigenvalue weighted by atomic mass is 32.1. The van der Waals surface area contributed by atoms with E-state index in [4.69, 9.17) is 12.2 Å². The number of hydrogen-bond donors (Lipinski definition) is 3. The molecular weight excluding hydrogens is 322 g/mol. The number of hydrogen-bond acceptors (Lipinski definition) is 3. The maximum Gasteiger partial charge on any atom is 0.257 e. The van der Waals surface area contributed by atoms with Gasteiger partial charge in [0, 0.05) is 18.3 Å². The quantitative estimate of drug-likeness (QED) is 0.747. The fourth-order valence-corrected chi connectivity index (χ4v) is 2.23. The van der Waals surface area contributed by atoms with Crippen LogP contribution in [-0.4, -0.2) is 24.0 Å². The lowest BCUT2D eigenvalue weighted by Gasteiger charge is -2.10. The Hall–Kier alpha value is -2.73. The minimum absolute atomic E-state index is 0.0448. The third-order valence-corrected chi connectivity index (χ3v) is 3.60. The Balaban J connectivity index is 1.91. The van der Waals surface area contributed by atoms with Crippen LogP contribution in [0.2, 0.25) is 0 Å². The summed E-state index contributed by atoms with van der Waals surface area (Å²) in [6, 6.07) is 14.5. The van der Waals surface area contributed by atoms with Gasteiger partial charge in [-0.05, 0) is 49.0 Å². The Labute approximate surface area is 146 Å². The predicted octanol–water partition coefficient (Wildman–Crippen LogP) is 2.41. The predicted molar refractivity (Wildman–Crippen MR) is 99.1 cm³/mol. The molecule has 2 aromatic carbocycles. The molecule has 0 atom stereocenters. The third kappa shape index (κ3) is 5.17. The van der Waals surface area contributed by atoms with Crippen LogP contribution >= 0.6 is 12.2 Å². The standard InChI is InChI=1S/C18H19N3O2S/c1-12-3-7-14(8-4-12)17(23)21-18(24)20-15-9-5-13(6-10-15)11-16(22)19-2/h3-10H,11H2,1-2H3,(H,19,22)(H2,20,21,23,24). The molecule has 2 amide bonds. The van der Waals surface area contributed by atoms with Crippen molar-refractivity contribution in [3.05, 3.63) is 65.2 Å². The van der Waals surface area contributed by atoms with Gasteiger partial charge < -0.3 is 10.6 Å². The van der Waals surface area contributed by atoms with E-state index in [1.807, 2.05) is 43.3 Å². The topological polar surface area (TPSA) is 70.2 Å². The normalized spacial score (nSPS) is 9.92. The van der Waals surface area contributed by atoms with E-state index in [0.717, 1.165) is 16.8 Å². The Kier molecular flexibility index (Phi) is 6.03. The van der Waals surface area contributed by atoms with E-state index in [1.54, 1.807) is 19.2 Å². The van der Waals surface area contributed by atoms with Gasteiger partial charge in [-0.3, -0.25) is 14.9 Å². The average Bonchev–Trinajstić information content (AvgIpc) is 2.57. The van der Waals surface area contributed by atoms with Gasteiger partial charge in [-0.1, -0.05) is 29.8 Å². The highest BCUT2D eigenvalue weighted by molar-refractivity contribution is 7.80. The summed E-state index contributed by atoms with van der Waals surface area (Å²) in [5.74, 6) is -0.305. The molecule has 0 fully saturated rings. The van der Waals surface area contributed by atoms with Gasteiger partial charge in [0.05, 0.1) is 6.42 Å². The molecule has 0 aliphatic rings. The zero-order valence-corrected chi connectivity index (χ0v) is 14.4. The minimum Gasteiger partial charge on any atom is -0.359 e. The number of likely N-dealkylation sites (N-methyl/N-ethyl adjacent to an activating group) is 1. The molecule has 3 N–H and O–H groups in total. The molecule has 0 spiro atoms. The number of carbonyl (C=O) groups excluding carboxylic acids is 2. The van der Waals surface area contributed by atoms with E-state index in [9.17, 15) is 9.59 Å². The molecule has 2 rings (SSSR count). The summed E-state index contributed by atoms with van der Waals surface area (Å²) in [6.45, 7) is 1.96. The molecule has 0 radical (unpaired) electrons. The van der Waals surface area contributed by atoms with Gasteiger partial charge in [0.2, 0.25) is 5.91 Å². The fourth-order valence-electron chi connectivity index (χ4n) is 2.02. The first-order valence-corrected chi connectivity index (χ1v) is 7.87. The first kappa shape index (κ1) is 17.6. The second-order valence-electron chi connectivity index (χ2n) is 5.32. The average molecular weight is 341 g/mol. The van der Waals surface area contributed by atoms with Gasteiger partial charge in [-0.25, -0.2) is 0 Å². The molecule has 0 saturated carbocycles. The summed E-state index contributed by atoms with van der Waals surface area (Å²) in [6.07, 6.45) is 0.325. The lowest BCUT2D eigenvalue weighted by atomic mass is 10.1. The van der Waals surface area contributed by atoms with Crippen LogP contribution in [0.5, 0.6) is 0 Å². The zero-order chi connectivity index (χ0) is 17.5. The van der Waals surface area contributed by atoms with Gasteiger partial charge in [-0.2, -0.15) is 0 Å². The van der Waals surface area contributed by atoms with Crippen molar-refractivity contribution < 1.29 is 9.59 Å². The second-order valence-corrected chi connectivity index (χ2v) is 5.73. The number of amides is 2. The van der Waals surface area contributed by atoms with Gasteiger partial charge in [0.25, 0.3) is 5.91 Å². The maximum absolute atomic E-state index is 12.1. The first-order chi connectivity index (χ1) is 11.5. The SMILES string of the molecule is CNC(=O)Cc1ccc(NC(=S)NC(=O)c2ccc(C)cc2)cc1. The fraction of sp³-hybridized carbons (Fsp3) is 0.167. The minimum atomic E-state index is -0.260. The molecule has 0 unspecified atom stereocenters. The highest BCUT2D eigenvalue weighted by Gasteiger charge is 2.08. The van der Waals surface area contributed by atoms with Crippen LogP contribution < -0.4 is 16.0 Å². The van der Waals surface area contributed by atoms with Crippen LogP contribution in [0.25, 0.3) is 0 Å². The molecule has 0 bridgehead atoms. The van der Waals surface area contributed by atoms with Crippen molar-refractivity contribution in [1.82, 2.24) is 10.6 Å². The molecule has 124 valence electrons. The molecule has 0 heterocycles. The molecule has 0 aromatic heterocycles. The van der Waals surface area contributed by atoms with E-state index in [2.05, 4.69) is 16.0 Å². The van der Waals surface area contributed by atoms with Gasteiger partial charge in [0.1, 0.15) is 0 Å². The van der Waals surface area contributed by atoms with Crippen LogP contribution in [0.15, 0.2) is 48.5 Å². The Morgan fingerprint density at radius 1 is 1.00 bits per heavy atom. The summed E-state index contributed by atoms with van der Waals surface area (Å²) in [5.41, 5.74) is 3.27. The number of anilines is 1. The summed E-state index contributed by atoms with van der Waals surface area (Å²) in [4.78, 5) is 23.4. The van der Waals surface area contributed by atoms with E-state index >= 15 is 0 Å². The van der Waals surface area contributed by atoms with Crippen molar-refractivity contribution in [2.45, 2.75) is 13.3 Å². The largest absolute Gasteiger partial charge is 0.359 e. The highest BCUT2D eigenvalue weighted by Crippen LogP contribution is 2.10. The van der Waals surface area contributed by atoms with Crippen molar-refractivity contribution in [1.29, 1.82) is 0 Å². The molecule has 0 aliphatic carbocycles. The molecular formula is C18H19N3O2S. The van der Waals surface area contributed by atoms with Crippen molar-refractivity contribution in [3.8, 4) is 0 Å². The van der Waals surface area contributed by atoms with E-state index < -0.39 is 0 Å². The van der Waals surface area contributed by atoms with E-state index in [1.165, 1.54) is 0 Å².